The van der Waals surface area contributed by atoms with Gasteiger partial charge >= 0.3 is 0 Å². The van der Waals surface area contributed by atoms with Crippen molar-refractivity contribution in [3.63, 3.8) is 0 Å². The van der Waals surface area contributed by atoms with E-state index in [-0.39, 0.29) is 23.3 Å². The molecule has 2 saturated heterocycles. The van der Waals surface area contributed by atoms with Gasteiger partial charge in [0.1, 0.15) is 0 Å². The molecule has 8 nitrogen and oxygen atoms in total. The number of nitrogens with zero attached hydrogens (tertiary/aromatic N) is 6. The Balaban J connectivity index is 1.15. The smallest absolute Gasteiger partial charge is 0.225 e. The topological polar surface area (TPSA) is 77.1 Å². The molecule has 40 heavy (non-hydrogen) atoms. The zero-order valence-electron chi connectivity index (χ0n) is 23.9. The predicted octanol–water partition coefficient (Wildman–Crippen LogP) is 4.55. The summed E-state index contributed by atoms with van der Waals surface area (Å²) in [5.41, 5.74) is 5.56. The van der Waals surface area contributed by atoms with Crippen LogP contribution in [0, 0.1) is 23.2 Å². The number of hydrogen-bond donors (Lipinski definition) is 0. The second-order valence-corrected chi connectivity index (χ2v) is 12.0. The Morgan fingerprint density at radius 1 is 1.02 bits per heavy atom. The van der Waals surface area contributed by atoms with Crippen molar-refractivity contribution in [2.75, 3.05) is 51.3 Å². The molecular formula is C32H40N6O2. The van der Waals surface area contributed by atoms with Crippen LogP contribution in [0.3, 0.4) is 0 Å². The molecular weight excluding hydrogens is 500 g/mol. The van der Waals surface area contributed by atoms with Crippen LogP contribution in [0.2, 0.25) is 0 Å². The van der Waals surface area contributed by atoms with E-state index in [0.29, 0.717) is 19.1 Å². The quantitative estimate of drug-likeness (QED) is 0.457. The molecule has 6 rings (SSSR count). The number of carbonyl (C=O) groups is 1. The van der Waals surface area contributed by atoms with E-state index in [1.54, 1.807) is 0 Å². The highest BCUT2D eigenvalue weighted by Gasteiger charge is 2.38. The maximum Gasteiger partial charge on any atom is 0.225 e. The SMILES string of the molecule is COC1(c2ccc(-c3cc4c(N5CCN(C(=O)C6CC(C#N)C6)CC5)ccnn4c3)cc2)CCN(C(C)C)CC1. The zero-order chi connectivity index (χ0) is 27.9. The number of aromatic nitrogens is 2. The Bertz CT molecular complexity index is 1390. The number of ether oxygens (including phenoxy) is 1. The Labute approximate surface area is 237 Å². The van der Waals surface area contributed by atoms with Gasteiger partial charge in [0.05, 0.1) is 22.9 Å². The van der Waals surface area contributed by atoms with Crippen molar-refractivity contribution in [3.8, 4) is 17.2 Å². The lowest BCUT2D eigenvalue weighted by Crippen LogP contribution is -2.52. The molecule has 3 fully saturated rings. The molecule has 4 heterocycles. The fourth-order valence-corrected chi connectivity index (χ4v) is 6.75. The Kier molecular flexibility index (Phi) is 7.28. The van der Waals surface area contributed by atoms with Gasteiger partial charge in [-0.15, -0.1) is 0 Å². The van der Waals surface area contributed by atoms with Gasteiger partial charge in [0.25, 0.3) is 0 Å². The van der Waals surface area contributed by atoms with E-state index in [4.69, 9.17) is 10.00 Å². The molecule has 3 aromatic rings. The number of carbonyl (C=O) groups excluding carboxylic acids is 1. The van der Waals surface area contributed by atoms with E-state index in [1.165, 1.54) is 5.56 Å². The summed E-state index contributed by atoms with van der Waals surface area (Å²) in [6.07, 6.45) is 7.40. The fourth-order valence-electron chi connectivity index (χ4n) is 6.75. The standard InChI is InChI=1S/C32H40N6O2/c1-23(2)35-12-9-32(40-3,10-13-35)28-6-4-25(5-7-28)27-20-30-29(8-11-34-38(30)22-27)36-14-16-37(17-15-36)31(39)26-18-24(19-26)21-33/h4-8,11,20,22-24,26H,9-10,12-19H2,1-3H3. The zero-order valence-corrected chi connectivity index (χ0v) is 23.9. The third-order valence-electron chi connectivity index (χ3n) is 9.56. The van der Waals surface area contributed by atoms with Crippen LogP contribution in [0.1, 0.15) is 45.1 Å². The van der Waals surface area contributed by atoms with E-state index in [9.17, 15) is 4.79 Å². The van der Waals surface area contributed by atoms with Crippen LogP contribution in [-0.2, 0) is 15.1 Å². The molecule has 3 aliphatic rings. The number of rotatable bonds is 6. The average Bonchev–Trinajstić information content (AvgIpc) is 3.41. The van der Waals surface area contributed by atoms with Crippen molar-refractivity contribution in [1.82, 2.24) is 19.4 Å². The molecule has 0 radical (unpaired) electrons. The summed E-state index contributed by atoms with van der Waals surface area (Å²) in [6, 6.07) is 16.0. The number of nitriles is 1. The minimum absolute atomic E-state index is 0.0371. The van der Waals surface area contributed by atoms with Crippen LogP contribution >= 0.6 is 0 Å². The number of anilines is 1. The monoisotopic (exact) mass is 540 g/mol. The summed E-state index contributed by atoms with van der Waals surface area (Å²) in [6.45, 7) is 9.65. The number of methoxy groups -OCH3 is 1. The number of likely N-dealkylation sites (tertiary alicyclic amines) is 1. The summed E-state index contributed by atoms with van der Waals surface area (Å²) >= 11 is 0. The molecule has 210 valence electrons. The van der Waals surface area contributed by atoms with Gasteiger partial charge in [0.2, 0.25) is 5.91 Å². The van der Waals surface area contributed by atoms with Gasteiger partial charge < -0.3 is 19.4 Å². The molecule has 1 amide bonds. The first-order valence-corrected chi connectivity index (χ1v) is 14.7. The highest BCUT2D eigenvalue weighted by atomic mass is 16.5. The summed E-state index contributed by atoms with van der Waals surface area (Å²) in [7, 11) is 1.85. The molecule has 0 unspecified atom stereocenters. The molecule has 8 heteroatoms. The van der Waals surface area contributed by atoms with E-state index < -0.39 is 0 Å². The van der Waals surface area contributed by atoms with Gasteiger partial charge in [-0.05, 0) is 62.8 Å². The summed E-state index contributed by atoms with van der Waals surface area (Å²) < 4.78 is 8.10. The first-order chi connectivity index (χ1) is 19.4. The van der Waals surface area contributed by atoms with Crippen LogP contribution in [-0.4, -0.2) is 77.7 Å². The van der Waals surface area contributed by atoms with Crippen molar-refractivity contribution < 1.29 is 9.53 Å². The van der Waals surface area contributed by atoms with Gasteiger partial charge in [-0.2, -0.15) is 10.4 Å². The summed E-state index contributed by atoms with van der Waals surface area (Å²) in [5, 5.41) is 13.6. The predicted molar refractivity (Wildman–Crippen MR) is 156 cm³/mol. The van der Waals surface area contributed by atoms with Gasteiger partial charge in [0.15, 0.2) is 0 Å². The van der Waals surface area contributed by atoms with Crippen molar-refractivity contribution >= 4 is 17.1 Å². The number of piperidine rings is 1. The van der Waals surface area contributed by atoms with Crippen molar-refractivity contribution in [2.24, 2.45) is 11.8 Å². The van der Waals surface area contributed by atoms with Crippen LogP contribution < -0.4 is 4.90 Å². The van der Waals surface area contributed by atoms with Gasteiger partial charge in [-0.1, -0.05) is 24.3 Å². The number of amides is 1. The molecule has 2 aliphatic heterocycles. The minimum atomic E-state index is -0.219. The first-order valence-electron chi connectivity index (χ1n) is 14.7. The largest absolute Gasteiger partial charge is 0.373 e. The third kappa shape index (κ3) is 4.86. The summed E-state index contributed by atoms with van der Waals surface area (Å²) in [5.74, 6) is 0.319. The van der Waals surface area contributed by atoms with E-state index >= 15 is 0 Å². The number of fused-ring (bicyclic) bond motifs is 1. The summed E-state index contributed by atoms with van der Waals surface area (Å²) in [4.78, 5) is 19.7. The lowest BCUT2D eigenvalue weighted by atomic mass is 9.75. The van der Waals surface area contributed by atoms with Crippen LogP contribution in [0.4, 0.5) is 5.69 Å². The highest BCUT2D eigenvalue weighted by Crippen LogP contribution is 2.38. The molecule has 0 spiro atoms. The van der Waals surface area contributed by atoms with E-state index in [2.05, 4.69) is 77.4 Å². The van der Waals surface area contributed by atoms with E-state index in [0.717, 1.165) is 74.2 Å². The maximum absolute atomic E-state index is 12.8. The van der Waals surface area contributed by atoms with Crippen LogP contribution in [0.5, 0.6) is 0 Å². The van der Waals surface area contributed by atoms with Crippen LogP contribution in [0.15, 0.2) is 48.8 Å². The van der Waals surface area contributed by atoms with Gasteiger partial charge in [-0.3, -0.25) is 4.79 Å². The molecule has 1 saturated carbocycles. The number of hydrogen-bond acceptors (Lipinski definition) is 6. The minimum Gasteiger partial charge on any atom is -0.373 e. The van der Waals surface area contributed by atoms with Crippen LogP contribution in [0.25, 0.3) is 16.6 Å². The van der Waals surface area contributed by atoms with E-state index in [1.807, 2.05) is 22.7 Å². The lowest BCUT2D eigenvalue weighted by Gasteiger charge is -2.42. The highest BCUT2D eigenvalue weighted by molar-refractivity contribution is 5.82. The maximum atomic E-state index is 12.8. The van der Waals surface area contributed by atoms with Gasteiger partial charge in [-0.25, -0.2) is 4.52 Å². The Morgan fingerprint density at radius 3 is 2.35 bits per heavy atom. The third-order valence-corrected chi connectivity index (χ3v) is 9.56. The first kappa shape index (κ1) is 26.8. The average molecular weight is 541 g/mol. The number of benzene rings is 1. The van der Waals surface area contributed by atoms with Crippen molar-refractivity contribution in [3.05, 3.63) is 54.4 Å². The molecule has 0 N–H and O–H groups in total. The van der Waals surface area contributed by atoms with Crippen molar-refractivity contribution in [2.45, 2.75) is 51.2 Å². The molecule has 1 aliphatic carbocycles. The fraction of sp³-hybridized carbons (Fsp3) is 0.531. The lowest BCUT2D eigenvalue weighted by molar-refractivity contribution is -0.139. The number of piperazine rings is 1. The normalized spacial score (nSPS) is 23.3. The molecule has 0 atom stereocenters. The van der Waals surface area contributed by atoms with Gasteiger partial charge in [0, 0.05) is 82.2 Å². The van der Waals surface area contributed by atoms with Crippen molar-refractivity contribution in [1.29, 1.82) is 5.26 Å². The molecule has 0 bridgehead atoms. The second kappa shape index (κ2) is 10.9. The Morgan fingerprint density at radius 2 is 1.73 bits per heavy atom. The Hall–Kier alpha value is -3.41. The molecule has 1 aromatic carbocycles. The molecule has 2 aromatic heterocycles. The second-order valence-electron chi connectivity index (χ2n) is 12.0.